The number of pyridine rings is 1. The minimum Gasteiger partial charge on any atom is -0.380 e. The van der Waals surface area contributed by atoms with Crippen LogP contribution in [-0.4, -0.2) is 59.2 Å². The molecule has 0 spiro atoms. The molecule has 0 amide bonds. The third-order valence-corrected chi connectivity index (χ3v) is 10.2. The molecule has 6 aromatic rings. The van der Waals surface area contributed by atoms with Crippen LogP contribution in [-0.2, 0) is 14.8 Å². The summed E-state index contributed by atoms with van der Waals surface area (Å²) in [6, 6.07) is 15.2. The van der Waals surface area contributed by atoms with Crippen molar-refractivity contribution in [3.05, 3.63) is 95.0 Å². The summed E-state index contributed by atoms with van der Waals surface area (Å²) < 4.78 is 66.4. The smallest absolute Gasteiger partial charge is 0.263 e. The van der Waals surface area contributed by atoms with Gasteiger partial charge in [0.05, 0.1) is 38.6 Å². The average molecular weight is 698 g/mol. The van der Waals surface area contributed by atoms with Crippen LogP contribution in [0.2, 0.25) is 10.0 Å². The Labute approximate surface area is 277 Å². The molecule has 0 unspecified atom stereocenters. The minimum absolute atomic E-state index is 0.00470. The number of anilines is 4. The van der Waals surface area contributed by atoms with Crippen molar-refractivity contribution >= 4 is 78.2 Å². The van der Waals surface area contributed by atoms with Gasteiger partial charge in [-0.3, -0.25) is 9.29 Å². The molecule has 16 heteroatoms. The van der Waals surface area contributed by atoms with Crippen molar-refractivity contribution in [2.24, 2.45) is 0 Å². The first-order valence-electron chi connectivity index (χ1n) is 14.2. The van der Waals surface area contributed by atoms with Gasteiger partial charge >= 0.3 is 0 Å². The lowest BCUT2D eigenvalue weighted by Crippen LogP contribution is -2.22. The molecule has 2 N–H and O–H groups in total. The number of sulfonamides is 1. The molecule has 0 bridgehead atoms. The number of para-hydroxylation sites is 1. The quantitative estimate of drug-likeness (QED) is 0.178. The van der Waals surface area contributed by atoms with E-state index in [1.807, 2.05) is 18.2 Å². The standard InChI is InChI=1S/C31H24Cl2F2N8O3S/c1-46-17-12-13-42(14-17)22-5-3-6-23-30(22)38-16-43(23)25-11-10-21-29(39-25)31(37-15-36-21)40-28-19(34)8-9-20(27(28)35)41-47(44,45)24-7-2-4-18(32)26(24)33/h2-11,15-17,41H,12-14H2,1H3,(H,36,37,40)/t17-/m1/s1. The maximum Gasteiger partial charge on any atom is 0.263 e. The summed E-state index contributed by atoms with van der Waals surface area (Å²) in [5.74, 6) is -1.77. The second-order valence-electron chi connectivity index (χ2n) is 10.7. The van der Waals surface area contributed by atoms with Gasteiger partial charge in [0, 0.05) is 20.2 Å². The fourth-order valence-electron chi connectivity index (χ4n) is 5.51. The van der Waals surface area contributed by atoms with Crippen LogP contribution in [0.25, 0.3) is 27.9 Å². The molecule has 0 saturated carbocycles. The Hall–Kier alpha value is -4.63. The molecule has 4 heterocycles. The molecule has 1 aliphatic rings. The number of benzene rings is 3. The predicted molar refractivity (Wildman–Crippen MR) is 176 cm³/mol. The van der Waals surface area contributed by atoms with Crippen molar-refractivity contribution in [3.63, 3.8) is 0 Å². The maximum absolute atomic E-state index is 15.8. The third-order valence-electron chi connectivity index (χ3n) is 7.87. The number of halogens is 4. The summed E-state index contributed by atoms with van der Waals surface area (Å²) in [5.41, 5.74) is 1.98. The summed E-state index contributed by atoms with van der Waals surface area (Å²) in [7, 11) is -2.69. The van der Waals surface area contributed by atoms with Crippen LogP contribution in [0.3, 0.4) is 0 Å². The number of ether oxygens (including phenoxy) is 1. The second kappa shape index (κ2) is 12.2. The van der Waals surface area contributed by atoms with E-state index >= 15 is 8.78 Å². The zero-order chi connectivity index (χ0) is 32.9. The average Bonchev–Trinajstić information content (AvgIpc) is 3.73. The normalized spacial score (nSPS) is 15.1. The van der Waals surface area contributed by atoms with Crippen molar-refractivity contribution < 1.29 is 21.9 Å². The first-order chi connectivity index (χ1) is 22.6. The van der Waals surface area contributed by atoms with Gasteiger partial charge in [0.25, 0.3) is 10.0 Å². The highest BCUT2D eigenvalue weighted by molar-refractivity contribution is 7.92. The molecule has 240 valence electrons. The number of hydrogen-bond donors (Lipinski definition) is 2. The molecular weight excluding hydrogens is 673 g/mol. The van der Waals surface area contributed by atoms with E-state index in [2.05, 4.69) is 29.9 Å². The molecule has 0 radical (unpaired) electrons. The number of nitrogens with zero attached hydrogens (tertiary/aromatic N) is 6. The fourth-order valence-corrected chi connectivity index (χ4v) is 7.33. The molecular formula is C31H24Cl2F2N8O3S. The van der Waals surface area contributed by atoms with Crippen molar-refractivity contribution in [1.29, 1.82) is 0 Å². The summed E-state index contributed by atoms with van der Waals surface area (Å²) in [6.07, 6.45) is 3.95. The third kappa shape index (κ3) is 5.67. The SMILES string of the molecule is CO[C@@H]1CCN(c2cccc3c2ncn3-c2ccc3ncnc(Nc4c(F)ccc(NS(=O)(=O)c5cccc(Cl)c5Cl)c4F)c3n2)C1. The van der Waals surface area contributed by atoms with E-state index in [0.717, 1.165) is 48.4 Å². The maximum atomic E-state index is 15.8. The number of hydrogen-bond acceptors (Lipinski definition) is 9. The van der Waals surface area contributed by atoms with Crippen LogP contribution < -0.4 is 14.9 Å². The number of aromatic nitrogens is 5. The van der Waals surface area contributed by atoms with E-state index in [9.17, 15) is 8.42 Å². The van der Waals surface area contributed by atoms with Crippen molar-refractivity contribution in [3.8, 4) is 5.82 Å². The van der Waals surface area contributed by atoms with Crippen LogP contribution in [0.4, 0.5) is 31.7 Å². The number of imidazole rings is 1. The number of fused-ring (bicyclic) bond motifs is 2. The van der Waals surface area contributed by atoms with Crippen LogP contribution in [0.1, 0.15) is 6.42 Å². The summed E-state index contributed by atoms with van der Waals surface area (Å²) in [6.45, 7) is 1.60. The van der Waals surface area contributed by atoms with E-state index in [-0.39, 0.29) is 32.4 Å². The van der Waals surface area contributed by atoms with Crippen LogP contribution in [0.5, 0.6) is 0 Å². The van der Waals surface area contributed by atoms with Gasteiger partial charge < -0.3 is 15.0 Å². The molecule has 1 saturated heterocycles. The molecule has 1 fully saturated rings. The highest BCUT2D eigenvalue weighted by Gasteiger charge is 2.26. The highest BCUT2D eigenvalue weighted by Crippen LogP contribution is 2.35. The zero-order valence-corrected chi connectivity index (χ0v) is 26.8. The number of methoxy groups -OCH3 is 1. The van der Waals surface area contributed by atoms with E-state index in [1.54, 1.807) is 30.1 Å². The summed E-state index contributed by atoms with van der Waals surface area (Å²) >= 11 is 12.0. The Balaban J connectivity index is 1.24. The van der Waals surface area contributed by atoms with Crippen LogP contribution >= 0.6 is 23.2 Å². The second-order valence-corrected chi connectivity index (χ2v) is 13.1. The van der Waals surface area contributed by atoms with E-state index < -0.39 is 33.0 Å². The van der Waals surface area contributed by atoms with Crippen molar-refractivity contribution in [1.82, 2.24) is 24.5 Å². The zero-order valence-electron chi connectivity index (χ0n) is 24.5. The minimum atomic E-state index is -4.40. The molecule has 3 aromatic heterocycles. The molecule has 7 rings (SSSR count). The van der Waals surface area contributed by atoms with Crippen LogP contribution in [0, 0.1) is 11.6 Å². The number of nitrogens with one attached hydrogen (secondary N) is 2. The monoisotopic (exact) mass is 696 g/mol. The Morgan fingerprint density at radius 2 is 1.81 bits per heavy atom. The van der Waals surface area contributed by atoms with Crippen molar-refractivity contribution in [2.45, 2.75) is 17.4 Å². The molecule has 3 aromatic carbocycles. The van der Waals surface area contributed by atoms with Gasteiger partial charge in [-0.15, -0.1) is 0 Å². The fraction of sp³-hybridized carbons (Fsp3) is 0.161. The summed E-state index contributed by atoms with van der Waals surface area (Å²) in [5, 5.41) is 2.40. The van der Waals surface area contributed by atoms with Crippen molar-refractivity contribution in [2.75, 3.05) is 35.1 Å². The van der Waals surface area contributed by atoms with Gasteiger partial charge in [-0.25, -0.2) is 37.1 Å². The predicted octanol–water partition coefficient (Wildman–Crippen LogP) is 6.72. The lowest BCUT2D eigenvalue weighted by Gasteiger charge is -2.19. The molecule has 1 atom stereocenters. The highest BCUT2D eigenvalue weighted by atomic mass is 35.5. The molecule has 0 aliphatic carbocycles. The Bertz CT molecular complexity index is 2290. The Morgan fingerprint density at radius 1 is 0.979 bits per heavy atom. The first kappa shape index (κ1) is 31.0. The van der Waals surface area contributed by atoms with Gasteiger partial charge in [0.15, 0.2) is 11.6 Å². The van der Waals surface area contributed by atoms with Gasteiger partial charge in [-0.05, 0) is 55.0 Å². The topological polar surface area (TPSA) is 127 Å². The largest absolute Gasteiger partial charge is 0.380 e. The van der Waals surface area contributed by atoms with Gasteiger partial charge in [0.2, 0.25) is 0 Å². The molecule has 47 heavy (non-hydrogen) atoms. The van der Waals surface area contributed by atoms with Gasteiger partial charge in [-0.2, -0.15) is 0 Å². The first-order valence-corrected chi connectivity index (χ1v) is 16.5. The Morgan fingerprint density at radius 3 is 2.62 bits per heavy atom. The number of rotatable bonds is 8. The Kier molecular flexibility index (Phi) is 8.04. The molecule has 11 nitrogen and oxygen atoms in total. The van der Waals surface area contributed by atoms with E-state index in [1.165, 1.54) is 24.5 Å². The van der Waals surface area contributed by atoms with E-state index in [4.69, 9.17) is 32.9 Å². The van der Waals surface area contributed by atoms with E-state index in [0.29, 0.717) is 11.3 Å². The van der Waals surface area contributed by atoms with Crippen LogP contribution in [0.15, 0.2) is 78.2 Å². The lowest BCUT2D eigenvalue weighted by molar-refractivity contribution is 0.121. The summed E-state index contributed by atoms with van der Waals surface area (Å²) in [4.78, 5) is 19.7. The lowest BCUT2D eigenvalue weighted by atomic mass is 10.2. The molecule has 1 aliphatic heterocycles. The van der Waals surface area contributed by atoms with Gasteiger partial charge in [0.1, 0.15) is 45.9 Å². The van der Waals surface area contributed by atoms with Gasteiger partial charge in [-0.1, -0.05) is 35.3 Å².